The maximum Gasteiger partial charge on any atom is 0.322 e. The second-order valence-corrected chi connectivity index (χ2v) is 4.71. The average molecular weight is 282 g/mol. The molecule has 1 aliphatic rings. The number of rotatable bonds is 2. The maximum atomic E-state index is 13.5. The van der Waals surface area contributed by atoms with Gasteiger partial charge in [-0.1, -0.05) is 0 Å². The normalized spacial score (nSPS) is 18.7. The zero-order valence-corrected chi connectivity index (χ0v) is 10.8. The van der Waals surface area contributed by atoms with Gasteiger partial charge in [0.15, 0.2) is 0 Å². The number of nitrogens with zero attached hydrogens (tertiary/aromatic N) is 1. The number of hydrogen-bond donors (Lipinski definition) is 3. The fourth-order valence-electron chi connectivity index (χ4n) is 2.28. The topological polar surface area (TPSA) is 82.2 Å². The number of halogens is 2. The Balaban J connectivity index is 2.12. The minimum Gasteiger partial charge on any atom is -0.386 e. The summed E-state index contributed by atoms with van der Waals surface area (Å²) in [6.07, 6.45) is 2.32. The molecule has 5 nitrogen and oxygen atoms in total. The summed E-state index contributed by atoms with van der Waals surface area (Å²) >= 11 is 0. The molecule has 0 spiro atoms. The Morgan fingerprint density at radius 3 is 2.80 bits per heavy atom. The molecule has 0 bridgehead atoms. The number of carbonyl (C=O) groups excluding carboxylic acids is 1. The van der Waals surface area contributed by atoms with Crippen LogP contribution >= 0.6 is 0 Å². The highest BCUT2D eigenvalue weighted by atomic mass is 19.1. The van der Waals surface area contributed by atoms with E-state index in [1.165, 1.54) is 4.90 Å². The van der Waals surface area contributed by atoms with Gasteiger partial charge in [0, 0.05) is 12.6 Å². The third kappa shape index (κ3) is 3.04. The minimum atomic E-state index is -0.838. The predicted molar refractivity (Wildman–Crippen MR) is 71.6 cm³/mol. The first-order chi connectivity index (χ1) is 9.49. The van der Waals surface area contributed by atoms with Crippen molar-refractivity contribution in [1.29, 1.82) is 5.41 Å². The Morgan fingerprint density at radius 1 is 1.40 bits per heavy atom. The molecule has 20 heavy (non-hydrogen) atoms. The maximum absolute atomic E-state index is 13.5. The van der Waals surface area contributed by atoms with Gasteiger partial charge in [0.25, 0.3) is 0 Å². The van der Waals surface area contributed by atoms with E-state index in [2.05, 4.69) is 5.32 Å². The fraction of sp³-hybridized carbons (Fsp3) is 0.385. The highest BCUT2D eigenvalue weighted by molar-refractivity contribution is 5.94. The van der Waals surface area contributed by atoms with E-state index >= 15 is 0 Å². The number of amidine groups is 1. The van der Waals surface area contributed by atoms with Gasteiger partial charge in [-0.05, 0) is 31.4 Å². The van der Waals surface area contributed by atoms with Crippen LogP contribution in [0.4, 0.5) is 19.3 Å². The monoisotopic (exact) mass is 282 g/mol. The molecule has 4 N–H and O–H groups in total. The van der Waals surface area contributed by atoms with Crippen LogP contribution in [0.5, 0.6) is 0 Å². The van der Waals surface area contributed by atoms with Gasteiger partial charge in [0.05, 0.1) is 11.7 Å². The smallest absolute Gasteiger partial charge is 0.322 e. The van der Waals surface area contributed by atoms with Crippen LogP contribution < -0.4 is 11.1 Å². The van der Waals surface area contributed by atoms with E-state index in [-0.39, 0.29) is 11.5 Å². The molecule has 108 valence electrons. The van der Waals surface area contributed by atoms with Gasteiger partial charge in [0.1, 0.15) is 17.5 Å². The molecule has 1 fully saturated rings. The first-order valence-corrected chi connectivity index (χ1v) is 6.35. The van der Waals surface area contributed by atoms with Crippen LogP contribution in [-0.2, 0) is 0 Å². The van der Waals surface area contributed by atoms with E-state index in [1.807, 2.05) is 0 Å². The van der Waals surface area contributed by atoms with Gasteiger partial charge in [-0.25, -0.2) is 13.6 Å². The van der Waals surface area contributed by atoms with Gasteiger partial charge >= 0.3 is 6.03 Å². The van der Waals surface area contributed by atoms with E-state index in [9.17, 15) is 13.6 Å². The van der Waals surface area contributed by atoms with Crippen molar-refractivity contribution in [3.63, 3.8) is 0 Å². The number of likely N-dealkylation sites (tertiary alicyclic amines) is 1. The number of anilines is 1. The quantitative estimate of drug-likeness (QED) is 0.574. The van der Waals surface area contributed by atoms with Crippen molar-refractivity contribution in [2.45, 2.75) is 25.3 Å². The number of benzene rings is 1. The van der Waals surface area contributed by atoms with E-state index in [4.69, 9.17) is 11.1 Å². The molecule has 0 aliphatic carbocycles. The molecule has 1 atom stereocenters. The van der Waals surface area contributed by atoms with E-state index in [0.717, 1.165) is 25.0 Å². The second-order valence-electron chi connectivity index (χ2n) is 4.71. The Morgan fingerprint density at radius 2 is 2.15 bits per heavy atom. The molecule has 2 amide bonds. The van der Waals surface area contributed by atoms with Gasteiger partial charge in [-0.3, -0.25) is 5.41 Å². The van der Waals surface area contributed by atoms with Crippen LogP contribution in [0.1, 0.15) is 19.3 Å². The number of amides is 2. The van der Waals surface area contributed by atoms with Crippen LogP contribution in [-0.4, -0.2) is 29.4 Å². The zero-order chi connectivity index (χ0) is 14.7. The van der Waals surface area contributed by atoms with E-state index in [0.29, 0.717) is 19.0 Å². The number of nitrogens with two attached hydrogens (primary N) is 1. The summed E-state index contributed by atoms with van der Waals surface area (Å²) < 4.78 is 26.3. The average Bonchev–Trinajstić information content (AvgIpc) is 2.41. The van der Waals surface area contributed by atoms with Crippen molar-refractivity contribution < 1.29 is 13.6 Å². The van der Waals surface area contributed by atoms with Gasteiger partial charge in [0.2, 0.25) is 0 Å². The first kappa shape index (κ1) is 14.2. The van der Waals surface area contributed by atoms with E-state index in [1.54, 1.807) is 0 Å². The lowest BCUT2D eigenvalue weighted by Gasteiger charge is -2.34. The van der Waals surface area contributed by atoms with Crippen LogP contribution in [0.2, 0.25) is 0 Å². The number of hydrogen-bond acceptors (Lipinski definition) is 2. The van der Waals surface area contributed by atoms with Gasteiger partial charge in [-0.15, -0.1) is 0 Å². The number of carbonyl (C=O) groups is 1. The fourth-order valence-corrected chi connectivity index (χ4v) is 2.28. The Kier molecular flexibility index (Phi) is 4.16. The predicted octanol–water partition coefficient (Wildman–Crippen LogP) is 2.29. The summed E-state index contributed by atoms with van der Waals surface area (Å²) in [6, 6.07) is 1.93. The van der Waals surface area contributed by atoms with E-state index < -0.39 is 23.7 Å². The SMILES string of the molecule is N=C(N)C1CCCCN1C(=O)Nc1ccc(F)cc1F. The molecule has 1 aromatic carbocycles. The molecule has 1 saturated heterocycles. The number of urea groups is 1. The minimum absolute atomic E-state index is 0.0839. The van der Waals surface area contributed by atoms with Crippen molar-refractivity contribution >= 4 is 17.6 Å². The summed E-state index contributed by atoms with van der Waals surface area (Å²) in [5, 5.41) is 9.88. The summed E-state index contributed by atoms with van der Waals surface area (Å²) in [4.78, 5) is 13.5. The largest absolute Gasteiger partial charge is 0.386 e. The van der Waals surface area contributed by atoms with Crippen molar-refractivity contribution in [1.82, 2.24) is 4.90 Å². The highest BCUT2D eigenvalue weighted by Gasteiger charge is 2.29. The number of nitrogens with one attached hydrogen (secondary N) is 2. The van der Waals surface area contributed by atoms with Crippen LogP contribution in [0.3, 0.4) is 0 Å². The molecule has 1 heterocycles. The molecular formula is C13H16F2N4O. The molecular weight excluding hydrogens is 266 g/mol. The summed E-state index contributed by atoms with van der Waals surface area (Å²) in [6.45, 7) is 0.457. The molecule has 1 aromatic rings. The second kappa shape index (κ2) is 5.85. The molecule has 0 aromatic heterocycles. The first-order valence-electron chi connectivity index (χ1n) is 6.35. The lowest BCUT2D eigenvalue weighted by molar-refractivity contribution is 0.185. The molecule has 7 heteroatoms. The summed E-state index contributed by atoms with van der Waals surface area (Å²) in [5.41, 5.74) is 5.38. The molecule has 0 radical (unpaired) electrons. The van der Waals surface area contributed by atoms with Gasteiger partial charge < -0.3 is 16.0 Å². The molecule has 1 unspecified atom stereocenters. The Bertz CT molecular complexity index is 535. The summed E-state index contributed by atoms with van der Waals surface area (Å²) in [5.74, 6) is -1.63. The Hall–Kier alpha value is -2.18. The Labute approximate surface area is 115 Å². The van der Waals surface area contributed by atoms with Gasteiger partial charge in [-0.2, -0.15) is 0 Å². The van der Waals surface area contributed by atoms with Crippen LogP contribution in [0, 0.1) is 17.0 Å². The molecule has 0 saturated carbocycles. The number of piperidine rings is 1. The molecule has 1 aliphatic heterocycles. The van der Waals surface area contributed by atoms with Crippen LogP contribution in [0.25, 0.3) is 0 Å². The highest BCUT2D eigenvalue weighted by Crippen LogP contribution is 2.20. The lowest BCUT2D eigenvalue weighted by atomic mass is 10.0. The van der Waals surface area contributed by atoms with Crippen LogP contribution in [0.15, 0.2) is 18.2 Å². The summed E-state index contributed by atoms with van der Waals surface area (Å²) in [7, 11) is 0. The van der Waals surface area contributed by atoms with Crippen molar-refractivity contribution in [2.75, 3.05) is 11.9 Å². The molecule has 2 rings (SSSR count). The standard InChI is InChI=1S/C13H16F2N4O/c14-8-4-5-10(9(15)7-8)18-13(20)19-6-2-1-3-11(19)12(16)17/h4-5,7,11H,1-3,6H2,(H3,16,17)(H,18,20). The van der Waals surface area contributed by atoms with Crippen molar-refractivity contribution in [2.24, 2.45) is 5.73 Å². The lowest BCUT2D eigenvalue weighted by Crippen LogP contribution is -2.51. The third-order valence-electron chi connectivity index (χ3n) is 3.30. The third-order valence-corrected chi connectivity index (χ3v) is 3.30. The zero-order valence-electron chi connectivity index (χ0n) is 10.8. The van der Waals surface area contributed by atoms with Crippen molar-refractivity contribution in [3.05, 3.63) is 29.8 Å². The van der Waals surface area contributed by atoms with Crippen molar-refractivity contribution in [3.8, 4) is 0 Å².